The normalized spacial score (nSPS) is 17.2. The summed E-state index contributed by atoms with van der Waals surface area (Å²) in [5.74, 6) is 0.465. The smallest absolute Gasteiger partial charge is 0.150 e. The minimum absolute atomic E-state index is 0.331. The molecule has 0 aromatic heterocycles. The Morgan fingerprint density at radius 2 is 2.06 bits per heavy atom. The Morgan fingerprint density at radius 1 is 1.35 bits per heavy atom. The van der Waals surface area contributed by atoms with Crippen molar-refractivity contribution >= 4 is 12.0 Å². The van der Waals surface area contributed by atoms with Gasteiger partial charge in [-0.15, -0.1) is 0 Å². The maximum absolute atomic E-state index is 13.3. The van der Waals surface area contributed by atoms with Gasteiger partial charge in [0.25, 0.3) is 0 Å². The van der Waals surface area contributed by atoms with E-state index in [0.717, 1.165) is 37.5 Å². The van der Waals surface area contributed by atoms with E-state index in [-0.39, 0.29) is 5.82 Å². The molecule has 1 fully saturated rings. The van der Waals surface area contributed by atoms with Crippen LogP contribution in [-0.4, -0.2) is 19.4 Å². The number of carbonyl (C=O) groups excluding carboxylic acids is 1. The molecule has 1 aliphatic rings. The number of anilines is 1. The molecule has 0 saturated carbocycles. The van der Waals surface area contributed by atoms with Gasteiger partial charge < -0.3 is 4.90 Å². The highest BCUT2D eigenvalue weighted by molar-refractivity contribution is 5.77. The van der Waals surface area contributed by atoms with Gasteiger partial charge in [0, 0.05) is 24.3 Å². The summed E-state index contributed by atoms with van der Waals surface area (Å²) in [5, 5.41) is 0. The molecule has 2 nitrogen and oxygen atoms in total. The zero-order valence-corrected chi connectivity index (χ0v) is 10.2. The molecular weight excluding hydrogens is 217 g/mol. The van der Waals surface area contributed by atoms with Crippen molar-refractivity contribution < 1.29 is 9.18 Å². The van der Waals surface area contributed by atoms with E-state index in [0.29, 0.717) is 11.8 Å². The minimum Gasteiger partial charge on any atom is -0.371 e. The van der Waals surface area contributed by atoms with Gasteiger partial charge in [0.05, 0.1) is 0 Å². The average molecular weight is 235 g/mol. The van der Waals surface area contributed by atoms with Crippen molar-refractivity contribution in [1.29, 1.82) is 0 Å². The molecule has 0 N–H and O–H groups in total. The lowest BCUT2D eigenvalue weighted by molar-refractivity contribution is 0.112. The van der Waals surface area contributed by atoms with Crippen LogP contribution in [0.2, 0.25) is 0 Å². The van der Waals surface area contributed by atoms with E-state index in [4.69, 9.17) is 0 Å². The molecule has 0 amide bonds. The lowest BCUT2D eigenvalue weighted by Gasteiger charge is -2.33. The fourth-order valence-electron chi connectivity index (χ4n) is 2.45. The average Bonchev–Trinajstić information content (AvgIpc) is 2.38. The second-order valence-corrected chi connectivity index (χ2v) is 4.70. The van der Waals surface area contributed by atoms with E-state index in [1.807, 2.05) is 0 Å². The highest BCUT2D eigenvalue weighted by Crippen LogP contribution is 2.26. The number of hydrogen-bond donors (Lipinski definition) is 0. The first-order valence-corrected chi connectivity index (χ1v) is 6.23. The maximum atomic E-state index is 13.3. The second-order valence-electron chi connectivity index (χ2n) is 4.70. The van der Waals surface area contributed by atoms with Crippen LogP contribution in [0.5, 0.6) is 0 Å². The number of benzene rings is 1. The van der Waals surface area contributed by atoms with Crippen LogP contribution in [0.4, 0.5) is 10.1 Å². The van der Waals surface area contributed by atoms with E-state index in [9.17, 15) is 9.18 Å². The van der Waals surface area contributed by atoms with Crippen LogP contribution >= 0.6 is 0 Å². The van der Waals surface area contributed by atoms with Crippen LogP contribution in [0, 0.1) is 11.7 Å². The fourth-order valence-corrected chi connectivity index (χ4v) is 2.45. The third-order valence-corrected chi connectivity index (χ3v) is 3.60. The first-order valence-electron chi connectivity index (χ1n) is 6.23. The number of halogens is 1. The summed E-state index contributed by atoms with van der Waals surface area (Å²) in [7, 11) is 0. The molecule has 1 aliphatic heterocycles. The molecule has 1 saturated heterocycles. The van der Waals surface area contributed by atoms with Crippen LogP contribution in [0.25, 0.3) is 0 Å². The Balaban J connectivity index is 2.12. The molecule has 17 heavy (non-hydrogen) atoms. The van der Waals surface area contributed by atoms with E-state index in [1.54, 1.807) is 6.07 Å². The lowest BCUT2D eigenvalue weighted by Crippen LogP contribution is -2.33. The van der Waals surface area contributed by atoms with Crippen LogP contribution < -0.4 is 4.90 Å². The number of hydrogen-bond acceptors (Lipinski definition) is 2. The largest absolute Gasteiger partial charge is 0.371 e. The molecule has 1 heterocycles. The monoisotopic (exact) mass is 235 g/mol. The molecule has 0 unspecified atom stereocenters. The first-order chi connectivity index (χ1) is 8.22. The molecule has 0 radical (unpaired) electrons. The van der Waals surface area contributed by atoms with Gasteiger partial charge >= 0.3 is 0 Å². The third kappa shape index (κ3) is 2.84. The van der Waals surface area contributed by atoms with Crippen molar-refractivity contribution in [2.24, 2.45) is 5.92 Å². The van der Waals surface area contributed by atoms with Crippen LogP contribution in [0.1, 0.15) is 36.5 Å². The number of nitrogens with zero attached hydrogens (tertiary/aromatic N) is 1. The predicted octanol–water partition coefficient (Wildman–Crippen LogP) is 3.26. The molecule has 0 spiro atoms. The third-order valence-electron chi connectivity index (χ3n) is 3.60. The van der Waals surface area contributed by atoms with E-state index < -0.39 is 0 Å². The number of rotatable bonds is 3. The Labute approximate surface area is 101 Å². The van der Waals surface area contributed by atoms with Gasteiger partial charge in [0.1, 0.15) is 12.1 Å². The van der Waals surface area contributed by atoms with Gasteiger partial charge in [-0.05, 0) is 37.0 Å². The van der Waals surface area contributed by atoms with Crippen molar-refractivity contribution in [3.63, 3.8) is 0 Å². The Bertz CT molecular complexity index is 397. The summed E-state index contributed by atoms with van der Waals surface area (Å²) < 4.78 is 13.3. The quantitative estimate of drug-likeness (QED) is 0.749. The Kier molecular flexibility index (Phi) is 3.77. The molecule has 92 valence electrons. The van der Waals surface area contributed by atoms with Crippen LogP contribution in [-0.2, 0) is 0 Å². The van der Waals surface area contributed by atoms with Gasteiger partial charge in [-0.25, -0.2) is 4.39 Å². The van der Waals surface area contributed by atoms with Crippen molar-refractivity contribution in [2.75, 3.05) is 18.0 Å². The number of carbonyl (C=O) groups is 1. The zero-order chi connectivity index (χ0) is 12.3. The summed E-state index contributed by atoms with van der Waals surface area (Å²) in [6.45, 7) is 4.13. The topological polar surface area (TPSA) is 20.3 Å². The Hall–Kier alpha value is -1.38. The van der Waals surface area contributed by atoms with Gasteiger partial charge in [0.15, 0.2) is 0 Å². The summed E-state index contributed by atoms with van der Waals surface area (Å²) in [4.78, 5) is 12.9. The zero-order valence-electron chi connectivity index (χ0n) is 10.2. The van der Waals surface area contributed by atoms with Gasteiger partial charge in [-0.2, -0.15) is 0 Å². The molecule has 2 rings (SSSR count). The molecule has 0 aliphatic carbocycles. The second kappa shape index (κ2) is 5.30. The molecule has 3 heteroatoms. The summed E-state index contributed by atoms with van der Waals surface area (Å²) in [6, 6.07) is 4.55. The Morgan fingerprint density at radius 3 is 2.65 bits per heavy atom. The van der Waals surface area contributed by atoms with Crippen molar-refractivity contribution in [1.82, 2.24) is 0 Å². The van der Waals surface area contributed by atoms with Gasteiger partial charge in [-0.3, -0.25) is 4.79 Å². The molecular formula is C14H18FNO. The highest BCUT2D eigenvalue weighted by atomic mass is 19.1. The molecule has 0 bridgehead atoms. The number of piperidine rings is 1. The standard InChI is InChI=1S/C14H18FNO/c1-2-11-3-5-16(6-4-11)14-8-12(10-17)7-13(15)9-14/h7-11H,2-6H2,1H3. The van der Waals surface area contributed by atoms with Crippen molar-refractivity contribution in [3.05, 3.63) is 29.6 Å². The van der Waals surface area contributed by atoms with Gasteiger partial charge in [0.2, 0.25) is 0 Å². The van der Waals surface area contributed by atoms with E-state index in [2.05, 4.69) is 11.8 Å². The lowest BCUT2D eigenvalue weighted by atomic mass is 9.94. The van der Waals surface area contributed by atoms with E-state index >= 15 is 0 Å². The van der Waals surface area contributed by atoms with Gasteiger partial charge in [-0.1, -0.05) is 13.3 Å². The van der Waals surface area contributed by atoms with E-state index in [1.165, 1.54) is 18.6 Å². The van der Waals surface area contributed by atoms with Crippen LogP contribution in [0.15, 0.2) is 18.2 Å². The number of aldehydes is 1. The molecule has 1 aromatic carbocycles. The summed E-state index contributed by atoms with van der Waals surface area (Å²) in [5.41, 5.74) is 1.25. The summed E-state index contributed by atoms with van der Waals surface area (Å²) in [6.07, 6.45) is 4.23. The van der Waals surface area contributed by atoms with Crippen molar-refractivity contribution in [2.45, 2.75) is 26.2 Å². The molecule has 0 atom stereocenters. The van der Waals surface area contributed by atoms with Crippen LogP contribution in [0.3, 0.4) is 0 Å². The fraction of sp³-hybridized carbons (Fsp3) is 0.500. The predicted molar refractivity (Wildman–Crippen MR) is 67.0 cm³/mol. The highest BCUT2D eigenvalue weighted by Gasteiger charge is 2.18. The summed E-state index contributed by atoms with van der Waals surface area (Å²) >= 11 is 0. The minimum atomic E-state index is -0.331. The maximum Gasteiger partial charge on any atom is 0.150 e. The molecule has 1 aromatic rings. The van der Waals surface area contributed by atoms with Crippen molar-refractivity contribution in [3.8, 4) is 0 Å². The first kappa shape index (κ1) is 12.1. The SMILES string of the molecule is CCC1CCN(c2cc(F)cc(C=O)c2)CC1.